The second-order valence-electron chi connectivity index (χ2n) is 5.62. The van der Waals surface area contributed by atoms with E-state index in [2.05, 4.69) is 57.4 Å². The summed E-state index contributed by atoms with van der Waals surface area (Å²) in [5.41, 5.74) is 4.05. The molecule has 0 aliphatic rings. The monoisotopic (exact) mass is 252 g/mol. The van der Waals surface area contributed by atoms with Gasteiger partial charge < -0.3 is 0 Å². The molecule has 1 aromatic heterocycles. The Labute approximate surface area is 111 Å². The average Bonchev–Trinajstić information content (AvgIpc) is 2.82. The topological polar surface area (TPSA) is 55.9 Å². The van der Waals surface area contributed by atoms with Crippen molar-refractivity contribution >= 4 is 0 Å². The Bertz CT molecular complexity index is 345. The Morgan fingerprint density at radius 1 is 1.33 bits per heavy atom. The van der Waals surface area contributed by atoms with Gasteiger partial charge in [0.15, 0.2) is 0 Å². The van der Waals surface area contributed by atoms with Gasteiger partial charge in [-0.05, 0) is 31.2 Å². The number of nitrogens with one attached hydrogen (secondary N) is 1. The first-order chi connectivity index (χ1) is 8.49. The van der Waals surface area contributed by atoms with Crippen LogP contribution in [0.3, 0.4) is 0 Å². The summed E-state index contributed by atoms with van der Waals surface area (Å²) in [4.78, 5) is 0. The smallest absolute Gasteiger partial charge is 0.0640 e. The lowest BCUT2D eigenvalue weighted by Gasteiger charge is -2.25. The molecule has 104 valence electrons. The van der Waals surface area contributed by atoms with E-state index in [0.29, 0.717) is 17.9 Å². The molecule has 3 atom stereocenters. The van der Waals surface area contributed by atoms with Crippen LogP contribution in [0.2, 0.25) is 0 Å². The highest BCUT2D eigenvalue weighted by Gasteiger charge is 2.20. The summed E-state index contributed by atoms with van der Waals surface area (Å²) in [6, 6.07) is 2.85. The summed E-state index contributed by atoms with van der Waals surface area (Å²) in [6.07, 6.45) is 4.05. The molecule has 0 aliphatic carbocycles. The lowest BCUT2D eigenvalue weighted by atomic mass is 9.88. The molecule has 1 rings (SSSR count). The molecular weight excluding hydrogens is 224 g/mol. The molecule has 18 heavy (non-hydrogen) atoms. The van der Waals surface area contributed by atoms with Crippen molar-refractivity contribution in [3.05, 3.63) is 18.0 Å². The minimum atomic E-state index is 0.283. The Kier molecular flexibility index (Phi) is 5.82. The predicted octanol–water partition coefficient (Wildman–Crippen LogP) is 2.52. The highest BCUT2D eigenvalue weighted by Crippen LogP contribution is 2.18. The van der Waals surface area contributed by atoms with Crippen molar-refractivity contribution in [2.24, 2.45) is 17.7 Å². The molecule has 0 aromatic carbocycles. The van der Waals surface area contributed by atoms with Crippen LogP contribution in [0.15, 0.2) is 12.3 Å². The Morgan fingerprint density at radius 2 is 2.00 bits per heavy atom. The Hall–Kier alpha value is -0.870. The van der Waals surface area contributed by atoms with Gasteiger partial charge in [0.25, 0.3) is 0 Å². The van der Waals surface area contributed by atoms with Gasteiger partial charge in [-0.15, -0.1) is 0 Å². The standard InChI is InChI=1S/C14H28N4/c1-6-11(4)18-8-7-13(17-18)9-14(16-15)12(5)10(2)3/h7-8,10-12,14,16H,6,9,15H2,1-5H3. The summed E-state index contributed by atoms with van der Waals surface area (Å²) in [5, 5.41) is 4.63. The van der Waals surface area contributed by atoms with E-state index in [1.807, 2.05) is 4.68 Å². The number of hydrogen-bond donors (Lipinski definition) is 2. The van der Waals surface area contributed by atoms with Gasteiger partial charge in [0.1, 0.15) is 0 Å². The number of nitrogens with zero attached hydrogens (tertiary/aromatic N) is 2. The third kappa shape index (κ3) is 3.82. The summed E-state index contributed by atoms with van der Waals surface area (Å²) >= 11 is 0. The van der Waals surface area contributed by atoms with Gasteiger partial charge in [0, 0.05) is 24.7 Å². The molecule has 0 spiro atoms. The second-order valence-corrected chi connectivity index (χ2v) is 5.62. The van der Waals surface area contributed by atoms with E-state index in [0.717, 1.165) is 18.5 Å². The molecule has 0 aliphatic heterocycles. The molecule has 0 radical (unpaired) electrons. The van der Waals surface area contributed by atoms with Crippen LogP contribution >= 0.6 is 0 Å². The van der Waals surface area contributed by atoms with Crippen molar-refractivity contribution in [3.8, 4) is 0 Å². The highest BCUT2D eigenvalue weighted by atomic mass is 15.3. The molecule has 0 amide bonds. The van der Waals surface area contributed by atoms with Crippen molar-refractivity contribution in [3.63, 3.8) is 0 Å². The molecule has 0 saturated carbocycles. The van der Waals surface area contributed by atoms with E-state index in [1.54, 1.807) is 0 Å². The van der Waals surface area contributed by atoms with E-state index in [9.17, 15) is 0 Å². The SMILES string of the molecule is CCC(C)n1ccc(CC(NN)C(C)C(C)C)n1. The van der Waals surface area contributed by atoms with Gasteiger partial charge in [-0.1, -0.05) is 27.7 Å². The maximum absolute atomic E-state index is 5.67. The van der Waals surface area contributed by atoms with Crippen LogP contribution < -0.4 is 11.3 Å². The van der Waals surface area contributed by atoms with E-state index >= 15 is 0 Å². The lowest BCUT2D eigenvalue weighted by molar-refractivity contribution is 0.297. The number of rotatable bonds is 7. The van der Waals surface area contributed by atoms with Gasteiger partial charge in [0.2, 0.25) is 0 Å². The third-order valence-corrected chi connectivity index (χ3v) is 4.04. The van der Waals surface area contributed by atoms with Crippen LogP contribution in [0, 0.1) is 11.8 Å². The molecule has 4 nitrogen and oxygen atoms in total. The van der Waals surface area contributed by atoms with E-state index in [1.165, 1.54) is 0 Å². The quantitative estimate of drug-likeness (QED) is 0.579. The van der Waals surface area contributed by atoms with Gasteiger partial charge in [-0.25, -0.2) is 0 Å². The minimum absolute atomic E-state index is 0.283. The van der Waals surface area contributed by atoms with E-state index < -0.39 is 0 Å². The van der Waals surface area contributed by atoms with Gasteiger partial charge in [0.05, 0.1) is 5.69 Å². The number of aromatic nitrogens is 2. The fourth-order valence-electron chi connectivity index (χ4n) is 2.01. The number of hydrogen-bond acceptors (Lipinski definition) is 3. The van der Waals surface area contributed by atoms with Crippen LogP contribution in [-0.2, 0) is 6.42 Å². The van der Waals surface area contributed by atoms with E-state index in [4.69, 9.17) is 5.84 Å². The summed E-state index contributed by atoms with van der Waals surface area (Å²) < 4.78 is 2.04. The Balaban J connectivity index is 2.68. The zero-order valence-corrected chi connectivity index (χ0v) is 12.4. The Morgan fingerprint density at radius 3 is 2.50 bits per heavy atom. The van der Waals surface area contributed by atoms with Crippen molar-refractivity contribution in [2.45, 2.75) is 59.5 Å². The van der Waals surface area contributed by atoms with Crippen LogP contribution in [0.5, 0.6) is 0 Å². The minimum Gasteiger partial charge on any atom is -0.271 e. The van der Waals surface area contributed by atoms with Crippen LogP contribution in [0.1, 0.15) is 52.8 Å². The zero-order chi connectivity index (χ0) is 13.7. The van der Waals surface area contributed by atoms with Gasteiger partial charge >= 0.3 is 0 Å². The molecule has 3 unspecified atom stereocenters. The van der Waals surface area contributed by atoms with Crippen molar-refractivity contribution in [2.75, 3.05) is 0 Å². The molecule has 0 bridgehead atoms. The molecule has 0 saturated heterocycles. The van der Waals surface area contributed by atoms with Gasteiger partial charge in [-0.3, -0.25) is 16.0 Å². The molecule has 4 heteroatoms. The number of nitrogens with two attached hydrogens (primary N) is 1. The third-order valence-electron chi connectivity index (χ3n) is 4.04. The van der Waals surface area contributed by atoms with Crippen molar-refractivity contribution < 1.29 is 0 Å². The largest absolute Gasteiger partial charge is 0.271 e. The normalized spacial score (nSPS) is 16.8. The highest BCUT2D eigenvalue weighted by molar-refractivity contribution is 5.03. The van der Waals surface area contributed by atoms with Crippen molar-refractivity contribution in [1.82, 2.24) is 15.2 Å². The van der Waals surface area contributed by atoms with Crippen molar-refractivity contribution in [1.29, 1.82) is 0 Å². The lowest BCUT2D eigenvalue weighted by Crippen LogP contribution is -2.43. The van der Waals surface area contributed by atoms with Crippen LogP contribution in [-0.4, -0.2) is 15.8 Å². The first-order valence-corrected chi connectivity index (χ1v) is 6.99. The maximum Gasteiger partial charge on any atom is 0.0640 e. The van der Waals surface area contributed by atoms with Crippen LogP contribution in [0.25, 0.3) is 0 Å². The number of hydrazine groups is 1. The first kappa shape index (κ1) is 15.2. The molecule has 1 heterocycles. The summed E-state index contributed by atoms with van der Waals surface area (Å²) in [5.74, 6) is 6.81. The zero-order valence-electron chi connectivity index (χ0n) is 12.4. The molecule has 1 aromatic rings. The van der Waals surface area contributed by atoms with E-state index in [-0.39, 0.29) is 6.04 Å². The maximum atomic E-state index is 5.67. The first-order valence-electron chi connectivity index (χ1n) is 6.99. The summed E-state index contributed by atoms with van der Waals surface area (Å²) in [6.45, 7) is 11.1. The molecule has 0 fully saturated rings. The van der Waals surface area contributed by atoms with Crippen LogP contribution in [0.4, 0.5) is 0 Å². The molecular formula is C14H28N4. The fraction of sp³-hybridized carbons (Fsp3) is 0.786. The fourth-order valence-corrected chi connectivity index (χ4v) is 2.01. The predicted molar refractivity (Wildman–Crippen MR) is 76.0 cm³/mol. The molecule has 3 N–H and O–H groups in total. The van der Waals surface area contributed by atoms with Gasteiger partial charge in [-0.2, -0.15) is 5.10 Å². The second kappa shape index (κ2) is 6.90. The summed E-state index contributed by atoms with van der Waals surface area (Å²) in [7, 11) is 0. The average molecular weight is 252 g/mol.